The molecule has 0 aliphatic carbocycles. The highest BCUT2D eigenvalue weighted by molar-refractivity contribution is 7.89. The number of nitro groups is 1. The van der Waals surface area contributed by atoms with E-state index in [1.165, 1.54) is 10.6 Å². The van der Waals surface area contributed by atoms with Crippen LogP contribution in [0.1, 0.15) is 32.6 Å². The molecule has 0 radical (unpaired) electrons. The Hall–Kier alpha value is -2.64. The molecule has 0 amide bonds. The van der Waals surface area contributed by atoms with Gasteiger partial charge in [0.1, 0.15) is 12.4 Å². The highest BCUT2D eigenvalue weighted by atomic mass is 32.2. The number of sulfonamides is 1. The molecule has 11 nitrogen and oxygen atoms in total. The largest absolute Gasteiger partial charge is 0.469 e. The van der Waals surface area contributed by atoms with Gasteiger partial charge in [-0.1, -0.05) is 13.3 Å². The van der Waals surface area contributed by atoms with Gasteiger partial charge in [0.2, 0.25) is 15.8 Å². The highest BCUT2D eigenvalue weighted by Gasteiger charge is 2.31. The summed E-state index contributed by atoms with van der Waals surface area (Å²) in [4.78, 5) is 19.7. The van der Waals surface area contributed by atoms with E-state index in [0.29, 0.717) is 42.9 Å². The second-order valence-electron chi connectivity index (χ2n) is 7.62. The summed E-state index contributed by atoms with van der Waals surface area (Å²) in [6.07, 6.45) is 4.56. The number of rotatable bonds is 10. The number of aromatic nitrogens is 2. The van der Waals surface area contributed by atoms with Gasteiger partial charge in [-0.2, -0.15) is 4.98 Å². The molecule has 0 saturated carbocycles. The molecule has 13 heteroatoms. The second-order valence-corrected chi connectivity index (χ2v) is 11.1. The van der Waals surface area contributed by atoms with E-state index in [0.717, 1.165) is 6.42 Å². The van der Waals surface area contributed by atoms with Crippen molar-refractivity contribution in [2.45, 2.75) is 43.6 Å². The van der Waals surface area contributed by atoms with Crippen molar-refractivity contribution in [3.05, 3.63) is 40.7 Å². The van der Waals surface area contributed by atoms with Crippen LogP contribution in [0, 0.1) is 10.1 Å². The number of ether oxygens (including phenoxy) is 1. The van der Waals surface area contributed by atoms with Crippen LogP contribution in [0.3, 0.4) is 0 Å². The van der Waals surface area contributed by atoms with Crippen molar-refractivity contribution < 1.29 is 22.3 Å². The molecule has 1 aliphatic heterocycles. The Kier molecular flexibility index (Phi) is 8.32. The lowest BCUT2D eigenvalue weighted by Gasteiger charge is -2.31. The third-order valence-corrected chi connectivity index (χ3v) is 8.14. The summed E-state index contributed by atoms with van der Waals surface area (Å²) in [5.41, 5.74) is 0.126. The van der Waals surface area contributed by atoms with Gasteiger partial charge in [0.25, 0.3) is 5.88 Å². The Morgan fingerprint density at radius 2 is 1.91 bits per heavy atom. The van der Waals surface area contributed by atoms with E-state index in [9.17, 15) is 22.7 Å². The van der Waals surface area contributed by atoms with Crippen LogP contribution in [-0.4, -0.2) is 63.0 Å². The van der Waals surface area contributed by atoms with Gasteiger partial charge in [-0.25, -0.2) is 17.7 Å². The first-order valence-corrected chi connectivity index (χ1v) is 13.7. The molecule has 1 unspecified atom stereocenters. The van der Waals surface area contributed by atoms with E-state index >= 15 is 0 Å². The number of nitrogens with one attached hydrogen (secondary N) is 1. The minimum absolute atomic E-state index is 0.0325. The maximum atomic E-state index is 12.4. The summed E-state index contributed by atoms with van der Waals surface area (Å²) in [5, 5.41) is 14.7. The quantitative estimate of drug-likeness (QED) is 0.387. The van der Waals surface area contributed by atoms with E-state index in [4.69, 9.17) is 4.74 Å². The number of hydrogen-bond acceptors (Lipinski definition) is 9. The number of nitrogens with zero attached hydrogens (tertiary/aromatic N) is 4. The van der Waals surface area contributed by atoms with E-state index in [1.807, 2.05) is 6.92 Å². The highest BCUT2D eigenvalue weighted by Crippen LogP contribution is 2.34. The van der Waals surface area contributed by atoms with Crippen LogP contribution in [0.4, 0.5) is 17.2 Å². The Balaban J connectivity index is 1.71. The predicted octanol–water partition coefficient (Wildman–Crippen LogP) is 2.84. The summed E-state index contributed by atoms with van der Waals surface area (Å²) in [6, 6.07) is 6.62. The molecule has 2 heterocycles. The molecule has 0 spiro atoms. The van der Waals surface area contributed by atoms with Crippen molar-refractivity contribution in [2.75, 3.05) is 30.4 Å². The third kappa shape index (κ3) is 6.45. The normalized spacial score (nSPS) is 16.3. The average Bonchev–Trinajstić information content (AvgIpc) is 2.78. The maximum absolute atomic E-state index is 12.4. The van der Waals surface area contributed by atoms with Crippen molar-refractivity contribution in [1.29, 1.82) is 0 Å². The summed E-state index contributed by atoms with van der Waals surface area (Å²) < 4.78 is 43.6. The SMILES string of the molecule is CCCCS(=O)(=O)N1CCC(Oc2ncnc(Nc3ccc(S(C)=O)cc3)c2[N+](=O)[O-])CC1. The number of unbranched alkanes of at least 4 members (excludes halogenated alkanes) is 1. The van der Waals surface area contributed by atoms with E-state index in [1.54, 1.807) is 30.5 Å². The second kappa shape index (κ2) is 11.0. The monoisotopic (exact) mass is 497 g/mol. The fourth-order valence-corrected chi connectivity index (χ4v) is 5.61. The Morgan fingerprint density at radius 3 is 2.48 bits per heavy atom. The zero-order valence-electron chi connectivity index (χ0n) is 18.5. The third-order valence-electron chi connectivity index (χ3n) is 5.25. The molecule has 1 aromatic carbocycles. The summed E-state index contributed by atoms with van der Waals surface area (Å²) in [7, 11) is -4.43. The van der Waals surface area contributed by atoms with Crippen molar-refractivity contribution in [3.8, 4) is 5.88 Å². The number of hydrogen-bond donors (Lipinski definition) is 1. The van der Waals surface area contributed by atoms with E-state index < -0.39 is 37.5 Å². The maximum Gasteiger partial charge on any atom is 0.373 e. The van der Waals surface area contributed by atoms with Crippen molar-refractivity contribution in [2.24, 2.45) is 0 Å². The van der Waals surface area contributed by atoms with Crippen molar-refractivity contribution in [3.63, 3.8) is 0 Å². The van der Waals surface area contributed by atoms with Crippen LogP contribution in [0.5, 0.6) is 5.88 Å². The molecule has 1 atom stereocenters. The molecule has 1 fully saturated rings. The van der Waals surface area contributed by atoms with Gasteiger partial charge in [0.15, 0.2) is 0 Å². The van der Waals surface area contributed by atoms with Gasteiger partial charge in [0.05, 0.1) is 10.7 Å². The van der Waals surface area contributed by atoms with Crippen LogP contribution >= 0.6 is 0 Å². The molecule has 1 saturated heterocycles. The molecule has 0 bridgehead atoms. The van der Waals surface area contributed by atoms with Gasteiger partial charge >= 0.3 is 5.69 Å². The number of benzene rings is 1. The zero-order chi connectivity index (χ0) is 24.0. The fraction of sp³-hybridized carbons (Fsp3) is 0.500. The van der Waals surface area contributed by atoms with Gasteiger partial charge < -0.3 is 10.1 Å². The number of anilines is 2. The minimum atomic E-state index is -3.30. The first-order chi connectivity index (χ1) is 15.7. The Morgan fingerprint density at radius 1 is 1.24 bits per heavy atom. The summed E-state index contributed by atoms with van der Waals surface area (Å²) in [6.45, 7) is 2.54. The minimum Gasteiger partial charge on any atom is -0.469 e. The standard InChI is InChI=1S/C20H27N5O6S2/c1-3-4-13-33(29,30)24-11-9-16(10-12-24)31-20-18(25(26)27)19(21-14-22-20)23-15-5-7-17(8-6-15)32(2)28/h5-8,14,16H,3-4,9-13H2,1-2H3,(H,21,22,23). The molecule has 2 aromatic rings. The van der Waals surface area contributed by atoms with Gasteiger partial charge in [-0.15, -0.1) is 0 Å². The molecule has 1 N–H and O–H groups in total. The van der Waals surface area contributed by atoms with Gasteiger partial charge in [-0.05, 0) is 43.5 Å². The fourth-order valence-electron chi connectivity index (χ4n) is 3.41. The van der Waals surface area contributed by atoms with Crippen molar-refractivity contribution >= 4 is 38.0 Å². The van der Waals surface area contributed by atoms with Crippen LogP contribution in [0.15, 0.2) is 35.5 Å². The molecule has 180 valence electrons. The molecule has 3 rings (SSSR count). The average molecular weight is 498 g/mol. The molecule has 33 heavy (non-hydrogen) atoms. The molecule has 1 aliphatic rings. The lowest BCUT2D eigenvalue weighted by atomic mass is 10.1. The zero-order valence-corrected chi connectivity index (χ0v) is 20.1. The predicted molar refractivity (Wildman–Crippen MR) is 125 cm³/mol. The Labute approximate surface area is 195 Å². The summed E-state index contributed by atoms with van der Waals surface area (Å²) >= 11 is 0. The van der Waals surface area contributed by atoms with Crippen molar-refractivity contribution in [1.82, 2.24) is 14.3 Å². The molecule has 1 aromatic heterocycles. The van der Waals surface area contributed by atoms with E-state index in [-0.39, 0.29) is 17.5 Å². The van der Waals surface area contributed by atoms with Crippen LogP contribution < -0.4 is 10.1 Å². The lowest BCUT2D eigenvalue weighted by molar-refractivity contribution is -0.385. The smallest absolute Gasteiger partial charge is 0.373 e. The molecular formula is C20H27N5O6S2. The summed E-state index contributed by atoms with van der Waals surface area (Å²) in [5.74, 6) is -0.0811. The van der Waals surface area contributed by atoms with Crippen LogP contribution in [0.2, 0.25) is 0 Å². The lowest BCUT2D eigenvalue weighted by Crippen LogP contribution is -2.42. The number of piperidine rings is 1. The van der Waals surface area contributed by atoms with Crippen LogP contribution in [0.25, 0.3) is 0 Å². The molecular weight excluding hydrogens is 470 g/mol. The first kappa shape index (κ1) is 25.0. The van der Waals surface area contributed by atoms with Crippen LogP contribution in [-0.2, 0) is 20.8 Å². The first-order valence-electron chi connectivity index (χ1n) is 10.6. The Bertz CT molecular complexity index is 1100. The van der Waals surface area contributed by atoms with E-state index in [2.05, 4.69) is 15.3 Å². The van der Waals surface area contributed by atoms with Gasteiger partial charge in [0, 0.05) is 40.7 Å². The topological polar surface area (TPSA) is 145 Å². The van der Waals surface area contributed by atoms with Gasteiger partial charge in [-0.3, -0.25) is 14.3 Å².